The molecule has 0 unspecified atom stereocenters. The van der Waals surface area contributed by atoms with Crippen molar-refractivity contribution in [1.82, 2.24) is 9.62 Å². The number of hydrogen-bond donors (Lipinski definition) is 1. The number of nitrogens with zero attached hydrogens (tertiary/aromatic N) is 2. The lowest BCUT2D eigenvalue weighted by Crippen LogP contribution is -2.38. The Labute approximate surface area is 144 Å². The molecule has 2 aliphatic heterocycles. The summed E-state index contributed by atoms with van der Waals surface area (Å²) in [7, 11) is -3.49. The summed E-state index contributed by atoms with van der Waals surface area (Å²) in [6.07, 6.45) is 3.24. The van der Waals surface area contributed by atoms with Crippen LogP contribution in [0.4, 0.5) is 0 Å². The third-order valence-electron chi connectivity index (χ3n) is 4.72. The van der Waals surface area contributed by atoms with Gasteiger partial charge < -0.3 is 10.2 Å². The maximum Gasteiger partial charge on any atom is 0.269 e. The minimum atomic E-state index is -3.49. The predicted molar refractivity (Wildman–Crippen MR) is 89.3 cm³/mol. The van der Waals surface area contributed by atoms with Crippen LogP contribution in [0.25, 0.3) is 0 Å². The normalized spacial score (nSPS) is 27.2. The highest BCUT2D eigenvalue weighted by Crippen LogP contribution is 2.37. The van der Waals surface area contributed by atoms with Crippen LogP contribution in [0.3, 0.4) is 0 Å². The van der Waals surface area contributed by atoms with Crippen molar-refractivity contribution >= 4 is 33.0 Å². The number of nitrogens with one attached hydrogen (secondary N) is 1. The van der Waals surface area contributed by atoms with Gasteiger partial charge in [0.25, 0.3) is 15.9 Å². The lowest BCUT2D eigenvalue weighted by molar-refractivity contribution is -0.115. The van der Waals surface area contributed by atoms with E-state index in [1.165, 1.54) is 28.5 Å². The summed E-state index contributed by atoms with van der Waals surface area (Å²) in [5.74, 6) is 0.405. The highest BCUT2D eigenvalue weighted by Gasteiger charge is 2.50. The zero-order chi connectivity index (χ0) is 16.8. The minimum absolute atomic E-state index is 0.196. The van der Waals surface area contributed by atoms with Crippen LogP contribution in [-0.2, 0) is 19.7 Å². The molecule has 0 bridgehead atoms. The van der Waals surface area contributed by atoms with Crippen LogP contribution >= 0.6 is 11.3 Å². The average Bonchev–Trinajstić information content (AvgIpc) is 3.01. The minimum Gasteiger partial charge on any atom is -0.387 e. The first-order valence-corrected chi connectivity index (χ1v) is 10.4. The van der Waals surface area contributed by atoms with Gasteiger partial charge in [0.1, 0.15) is 9.92 Å². The summed E-state index contributed by atoms with van der Waals surface area (Å²) in [5, 5.41) is 8.56. The zero-order valence-corrected chi connectivity index (χ0v) is 14.7. The Balaban J connectivity index is 1.39. The molecule has 3 heterocycles. The summed E-state index contributed by atoms with van der Waals surface area (Å²) < 4.78 is 27.0. The molecule has 1 amide bonds. The first-order valence-electron chi connectivity index (χ1n) is 8.05. The average molecular weight is 369 g/mol. The van der Waals surface area contributed by atoms with Gasteiger partial charge >= 0.3 is 0 Å². The fourth-order valence-electron chi connectivity index (χ4n) is 3.07. The third kappa shape index (κ3) is 2.96. The van der Waals surface area contributed by atoms with Gasteiger partial charge in [-0.15, -0.1) is 11.3 Å². The zero-order valence-electron chi connectivity index (χ0n) is 13.1. The Bertz CT molecular complexity index is 771. The van der Waals surface area contributed by atoms with Crippen LogP contribution in [0, 0.1) is 5.92 Å². The number of carbonyl (C=O) groups excluding carboxylic acids is 1. The van der Waals surface area contributed by atoms with Gasteiger partial charge in [-0.1, -0.05) is 11.2 Å². The van der Waals surface area contributed by atoms with Gasteiger partial charge in [-0.25, -0.2) is 8.42 Å². The Morgan fingerprint density at radius 3 is 3.04 bits per heavy atom. The fourth-order valence-corrected chi connectivity index (χ4v) is 5.73. The van der Waals surface area contributed by atoms with Crippen LogP contribution in [0.1, 0.15) is 25.7 Å². The van der Waals surface area contributed by atoms with E-state index < -0.39 is 15.6 Å². The largest absolute Gasteiger partial charge is 0.387 e. The Kier molecular flexibility index (Phi) is 3.89. The number of carbonyl (C=O) groups is 1. The quantitative estimate of drug-likeness (QED) is 0.844. The van der Waals surface area contributed by atoms with E-state index in [4.69, 9.17) is 4.84 Å². The molecule has 0 aromatic carbocycles. The van der Waals surface area contributed by atoms with Gasteiger partial charge in [0, 0.05) is 25.9 Å². The molecule has 1 spiro atoms. The van der Waals surface area contributed by atoms with Gasteiger partial charge in [-0.3, -0.25) is 4.79 Å². The highest BCUT2D eigenvalue weighted by atomic mass is 32.2. The standard InChI is InChI=1S/C15H19N3O4S2/c19-14(16-9-11-3-4-11)12-8-15(22-17-12)5-6-18(10-15)24(20,21)13-2-1-7-23-13/h1-2,7,11H,3-6,8-10H2,(H,16,19)/t15-/m1/s1. The second-order valence-electron chi connectivity index (χ2n) is 6.66. The molecule has 1 saturated heterocycles. The monoisotopic (exact) mass is 369 g/mol. The molecule has 0 radical (unpaired) electrons. The third-order valence-corrected chi connectivity index (χ3v) is 7.94. The number of hydrogen-bond acceptors (Lipinski definition) is 6. The molecule has 7 nitrogen and oxygen atoms in total. The van der Waals surface area contributed by atoms with E-state index in [2.05, 4.69) is 10.5 Å². The smallest absolute Gasteiger partial charge is 0.269 e. The van der Waals surface area contributed by atoms with Crippen molar-refractivity contribution in [3.63, 3.8) is 0 Å². The van der Waals surface area contributed by atoms with Gasteiger partial charge in [0.2, 0.25) is 0 Å². The molecule has 130 valence electrons. The van der Waals surface area contributed by atoms with Crippen molar-refractivity contribution < 1.29 is 18.0 Å². The van der Waals surface area contributed by atoms with Crippen molar-refractivity contribution in [2.45, 2.75) is 35.5 Å². The first kappa shape index (κ1) is 16.0. The first-order chi connectivity index (χ1) is 11.5. The molecule has 3 aliphatic rings. The van der Waals surface area contributed by atoms with Crippen molar-refractivity contribution in [2.24, 2.45) is 11.1 Å². The van der Waals surface area contributed by atoms with Crippen molar-refractivity contribution in [3.8, 4) is 0 Å². The summed E-state index contributed by atoms with van der Waals surface area (Å²) in [5.41, 5.74) is -0.331. The molecule has 1 aliphatic carbocycles. The number of rotatable bonds is 5. The fraction of sp³-hybridized carbons (Fsp3) is 0.600. The molecule has 24 heavy (non-hydrogen) atoms. The van der Waals surface area contributed by atoms with Crippen molar-refractivity contribution in [3.05, 3.63) is 17.5 Å². The van der Waals surface area contributed by atoms with E-state index >= 15 is 0 Å². The molecular weight excluding hydrogens is 350 g/mol. The Morgan fingerprint density at radius 2 is 2.33 bits per heavy atom. The Hall–Kier alpha value is -1.45. The van der Waals surface area contributed by atoms with Crippen LogP contribution in [-0.4, -0.2) is 49.6 Å². The van der Waals surface area contributed by atoms with E-state index in [1.807, 2.05) is 0 Å². The number of sulfonamides is 1. The molecule has 1 N–H and O–H groups in total. The topological polar surface area (TPSA) is 88.1 Å². The summed E-state index contributed by atoms with van der Waals surface area (Å²) in [6, 6.07) is 3.33. The van der Waals surface area contributed by atoms with E-state index in [0.29, 0.717) is 41.8 Å². The van der Waals surface area contributed by atoms with Gasteiger partial charge in [-0.05, 0) is 30.2 Å². The molecule has 1 atom stereocenters. The predicted octanol–water partition coefficient (Wildman–Crippen LogP) is 1.18. The van der Waals surface area contributed by atoms with E-state index in [1.54, 1.807) is 17.5 Å². The number of thiophene rings is 1. The van der Waals surface area contributed by atoms with Gasteiger partial charge in [-0.2, -0.15) is 4.31 Å². The van der Waals surface area contributed by atoms with Gasteiger partial charge in [0.15, 0.2) is 5.60 Å². The van der Waals surface area contributed by atoms with Crippen molar-refractivity contribution in [1.29, 1.82) is 0 Å². The maximum absolute atomic E-state index is 12.6. The summed E-state index contributed by atoms with van der Waals surface area (Å²) in [6.45, 7) is 1.30. The van der Waals surface area contributed by atoms with E-state index in [0.717, 1.165) is 0 Å². The number of amides is 1. The van der Waals surface area contributed by atoms with Crippen LogP contribution in [0.15, 0.2) is 26.9 Å². The highest BCUT2D eigenvalue weighted by molar-refractivity contribution is 7.91. The van der Waals surface area contributed by atoms with Crippen LogP contribution < -0.4 is 5.32 Å². The van der Waals surface area contributed by atoms with Gasteiger partial charge in [0.05, 0.1) is 6.54 Å². The SMILES string of the molecule is O=C(NCC1CC1)C1=NO[C@]2(CCN(S(=O)(=O)c3cccs3)C2)C1. The van der Waals surface area contributed by atoms with Crippen LogP contribution in [0.2, 0.25) is 0 Å². The Morgan fingerprint density at radius 1 is 1.50 bits per heavy atom. The second-order valence-corrected chi connectivity index (χ2v) is 9.78. The lowest BCUT2D eigenvalue weighted by atomic mass is 9.96. The molecule has 1 aromatic rings. The summed E-state index contributed by atoms with van der Waals surface area (Å²) in [4.78, 5) is 17.7. The van der Waals surface area contributed by atoms with Crippen LogP contribution in [0.5, 0.6) is 0 Å². The second kappa shape index (κ2) is 5.82. The van der Waals surface area contributed by atoms with E-state index in [-0.39, 0.29) is 12.5 Å². The molecule has 2 fully saturated rings. The molecule has 1 aromatic heterocycles. The van der Waals surface area contributed by atoms with Crippen molar-refractivity contribution in [2.75, 3.05) is 19.6 Å². The number of oxime groups is 1. The maximum atomic E-state index is 12.6. The molecular formula is C15H19N3O4S2. The molecule has 9 heteroatoms. The molecule has 1 saturated carbocycles. The van der Waals surface area contributed by atoms with E-state index in [9.17, 15) is 13.2 Å². The molecule has 4 rings (SSSR count). The lowest BCUT2D eigenvalue weighted by Gasteiger charge is -2.21. The summed E-state index contributed by atoms with van der Waals surface area (Å²) >= 11 is 1.21.